The molecule has 1 aromatic rings. The number of hydrogen-bond donors (Lipinski definition) is 3. The molecule has 0 unspecified atom stereocenters. The first-order valence-electron chi connectivity index (χ1n) is 6.46. The van der Waals surface area contributed by atoms with E-state index < -0.39 is 5.97 Å². The Morgan fingerprint density at radius 2 is 2.15 bits per heavy atom. The van der Waals surface area contributed by atoms with Crippen molar-refractivity contribution in [1.82, 2.24) is 10.6 Å². The number of urea groups is 1. The van der Waals surface area contributed by atoms with Crippen molar-refractivity contribution in [2.24, 2.45) is 5.41 Å². The zero-order chi connectivity index (χ0) is 14.6. The zero-order valence-corrected chi connectivity index (χ0v) is 13.3. The van der Waals surface area contributed by atoms with Gasteiger partial charge >= 0.3 is 12.0 Å². The molecule has 1 heterocycles. The molecule has 1 aliphatic carbocycles. The van der Waals surface area contributed by atoms with Crippen LogP contribution in [-0.4, -0.2) is 23.7 Å². The summed E-state index contributed by atoms with van der Waals surface area (Å²) in [4.78, 5) is 23.6. The lowest BCUT2D eigenvalue weighted by atomic mass is 9.66. The Morgan fingerprint density at radius 1 is 1.40 bits per heavy atom. The van der Waals surface area contributed by atoms with Gasteiger partial charge in [0.25, 0.3) is 0 Å². The van der Waals surface area contributed by atoms with Gasteiger partial charge in [0, 0.05) is 15.9 Å². The predicted molar refractivity (Wildman–Crippen MR) is 80.8 cm³/mol. The van der Waals surface area contributed by atoms with E-state index in [1.54, 1.807) is 11.3 Å². The maximum atomic E-state index is 11.7. The molecule has 0 spiro atoms. The highest BCUT2D eigenvalue weighted by atomic mass is 79.9. The van der Waals surface area contributed by atoms with Crippen LogP contribution in [0.25, 0.3) is 0 Å². The number of amides is 2. The number of carboxylic acids is 1. The molecule has 0 radical (unpaired) electrons. The first kappa shape index (κ1) is 15.3. The van der Waals surface area contributed by atoms with Gasteiger partial charge in [0.1, 0.15) is 0 Å². The third kappa shape index (κ3) is 3.96. The number of aliphatic carboxylic acids is 1. The van der Waals surface area contributed by atoms with Crippen LogP contribution in [0.15, 0.2) is 15.9 Å². The molecule has 1 fully saturated rings. The summed E-state index contributed by atoms with van der Waals surface area (Å²) in [6, 6.07) is 1.69. The molecule has 0 aliphatic heterocycles. The van der Waals surface area contributed by atoms with E-state index >= 15 is 0 Å². The summed E-state index contributed by atoms with van der Waals surface area (Å²) in [5.41, 5.74) is -0.243. The van der Waals surface area contributed by atoms with Gasteiger partial charge < -0.3 is 15.7 Å². The Labute approximate surface area is 129 Å². The van der Waals surface area contributed by atoms with Crippen LogP contribution in [-0.2, 0) is 11.3 Å². The number of carbonyl (C=O) groups is 2. The molecule has 1 aromatic heterocycles. The van der Waals surface area contributed by atoms with Crippen LogP contribution in [0.2, 0.25) is 0 Å². The average Bonchev–Trinajstić information content (AvgIpc) is 2.75. The molecule has 5 nitrogen and oxygen atoms in total. The SMILES string of the molecule is O=C(O)CC1(CNC(=O)NCc2sccc2Br)CCC1. The summed E-state index contributed by atoms with van der Waals surface area (Å²) in [7, 11) is 0. The lowest BCUT2D eigenvalue weighted by Gasteiger charge is -2.40. The van der Waals surface area contributed by atoms with Crippen LogP contribution in [0.5, 0.6) is 0 Å². The van der Waals surface area contributed by atoms with E-state index in [1.807, 2.05) is 11.4 Å². The van der Waals surface area contributed by atoms with Crippen LogP contribution >= 0.6 is 27.3 Å². The summed E-state index contributed by atoms with van der Waals surface area (Å²) < 4.78 is 0.990. The molecule has 0 atom stereocenters. The van der Waals surface area contributed by atoms with Gasteiger partial charge in [-0.15, -0.1) is 11.3 Å². The molecule has 20 heavy (non-hydrogen) atoms. The molecule has 0 aromatic carbocycles. The number of hydrogen-bond acceptors (Lipinski definition) is 3. The third-order valence-electron chi connectivity index (χ3n) is 3.66. The zero-order valence-electron chi connectivity index (χ0n) is 10.9. The minimum Gasteiger partial charge on any atom is -0.481 e. The van der Waals surface area contributed by atoms with E-state index in [-0.39, 0.29) is 17.9 Å². The first-order valence-corrected chi connectivity index (χ1v) is 8.13. The van der Waals surface area contributed by atoms with E-state index in [0.29, 0.717) is 13.1 Å². The maximum absolute atomic E-state index is 11.7. The minimum atomic E-state index is -0.797. The van der Waals surface area contributed by atoms with Crippen molar-refractivity contribution in [3.8, 4) is 0 Å². The molecular weight excluding hydrogens is 344 g/mol. The third-order valence-corrected chi connectivity index (χ3v) is 5.59. The Morgan fingerprint density at radius 3 is 2.65 bits per heavy atom. The average molecular weight is 361 g/mol. The second-order valence-electron chi connectivity index (χ2n) is 5.15. The van der Waals surface area contributed by atoms with E-state index in [9.17, 15) is 9.59 Å². The highest BCUT2D eigenvalue weighted by Crippen LogP contribution is 2.43. The highest BCUT2D eigenvalue weighted by Gasteiger charge is 2.39. The summed E-state index contributed by atoms with van der Waals surface area (Å²) in [6.07, 6.45) is 2.91. The van der Waals surface area contributed by atoms with Crippen molar-refractivity contribution >= 4 is 39.3 Å². The van der Waals surface area contributed by atoms with Gasteiger partial charge in [-0.1, -0.05) is 6.42 Å². The molecule has 110 valence electrons. The van der Waals surface area contributed by atoms with Crippen molar-refractivity contribution in [1.29, 1.82) is 0 Å². The fraction of sp³-hybridized carbons (Fsp3) is 0.538. The number of thiophene rings is 1. The Kier molecular flexibility index (Phi) is 5.04. The van der Waals surface area contributed by atoms with Gasteiger partial charge in [0.15, 0.2) is 0 Å². The lowest BCUT2D eigenvalue weighted by Crippen LogP contribution is -2.46. The number of carboxylic acid groups (broad SMARTS) is 1. The Hall–Kier alpha value is -1.08. The fourth-order valence-corrected chi connectivity index (χ4v) is 3.79. The van der Waals surface area contributed by atoms with Gasteiger partial charge in [-0.3, -0.25) is 4.79 Å². The molecule has 0 saturated heterocycles. The largest absolute Gasteiger partial charge is 0.481 e. The topological polar surface area (TPSA) is 78.4 Å². The summed E-state index contributed by atoms with van der Waals surface area (Å²) in [5, 5.41) is 16.4. The van der Waals surface area contributed by atoms with Gasteiger partial charge in [-0.25, -0.2) is 4.79 Å². The van der Waals surface area contributed by atoms with Crippen LogP contribution in [0, 0.1) is 5.41 Å². The second-order valence-corrected chi connectivity index (χ2v) is 7.01. The smallest absolute Gasteiger partial charge is 0.315 e. The predicted octanol–water partition coefficient (Wildman–Crippen LogP) is 2.95. The molecule has 0 bridgehead atoms. The molecule has 1 saturated carbocycles. The molecule has 1 aliphatic rings. The quantitative estimate of drug-likeness (QED) is 0.729. The highest BCUT2D eigenvalue weighted by molar-refractivity contribution is 9.10. The molecule has 2 rings (SSSR count). The molecule has 7 heteroatoms. The fourth-order valence-electron chi connectivity index (χ4n) is 2.36. The van der Waals surface area contributed by atoms with Gasteiger partial charge in [0.2, 0.25) is 0 Å². The van der Waals surface area contributed by atoms with Crippen molar-refractivity contribution in [3.63, 3.8) is 0 Å². The first-order chi connectivity index (χ1) is 9.51. The van der Waals surface area contributed by atoms with Crippen LogP contribution < -0.4 is 10.6 Å². The number of halogens is 1. The van der Waals surface area contributed by atoms with Gasteiger partial charge in [-0.2, -0.15) is 0 Å². The number of rotatable bonds is 6. The summed E-state index contributed by atoms with van der Waals surface area (Å²) in [5.74, 6) is -0.797. The van der Waals surface area contributed by atoms with Crippen LogP contribution in [0.4, 0.5) is 4.79 Å². The normalized spacial score (nSPS) is 16.2. The molecular formula is C13H17BrN2O3S. The monoisotopic (exact) mass is 360 g/mol. The number of nitrogens with one attached hydrogen (secondary N) is 2. The maximum Gasteiger partial charge on any atom is 0.315 e. The van der Waals surface area contributed by atoms with E-state index in [2.05, 4.69) is 26.6 Å². The van der Waals surface area contributed by atoms with Crippen molar-refractivity contribution in [3.05, 3.63) is 20.8 Å². The van der Waals surface area contributed by atoms with Crippen LogP contribution in [0.1, 0.15) is 30.6 Å². The Bertz CT molecular complexity index is 500. The van der Waals surface area contributed by atoms with Crippen LogP contribution in [0.3, 0.4) is 0 Å². The number of carbonyl (C=O) groups excluding carboxylic acids is 1. The van der Waals surface area contributed by atoms with E-state index in [4.69, 9.17) is 5.11 Å². The molecule has 3 N–H and O–H groups in total. The van der Waals surface area contributed by atoms with Gasteiger partial charge in [0.05, 0.1) is 13.0 Å². The van der Waals surface area contributed by atoms with Crippen molar-refractivity contribution in [2.45, 2.75) is 32.2 Å². The lowest BCUT2D eigenvalue weighted by molar-refractivity contribution is -0.141. The minimum absolute atomic E-state index is 0.129. The van der Waals surface area contributed by atoms with E-state index in [0.717, 1.165) is 28.6 Å². The second kappa shape index (κ2) is 6.58. The van der Waals surface area contributed by atoms with E-state index in [1.165, 1.54) is 0 Å². The summed E-state index contributed by atoms with van der Waals surface area (Å²) >= 11 is 4.98. The van der Waals surface area contributed by atoms with Gasteiger partial charge in [-0.05, 0) is 45.6 Å². The molecule has 2 amide bonds. The van der Waals surface area contributed by atoms with Crippen molar-refractivity contribution in [2.75, 3.05) is 6.54 Å². The summed E-state index contributed by atoms with van der Waals surface area (Å²) in [6.45, 7) is 0.896. The Balaban J connectivity index is 1.74. The van der Waals surface area contributed by atoms with Crippen molar-refractivity contribution < 1.29 is 14.7 Å². The standard InChI is InChI=1S/C13H17BrN2O3S/c14-9-2-5-20-10(9)7-15-12(19)16-8-13(3-1-4-13)6-11(17)18/h2,5H,1,3-4,6-8H2,(H,17,18)(H2,15,16,19).